The third-order valence-corrected chi connectivity index (χ3v) is 7.43. The molecular formula is C27H42N6O4. The number of ether oxygens (including phenoxy) is 1. The second kappa shape index (κ2) is 12.7. The molecule has 2 aromatic rings. The topological polar surface area (TPSA) is 88.8 Å². The van der Waals surface area contributed by atoms with Gasteiger partial charge < -0.3 is 29.0 Å². The molecule has 204 valence electrons. The van der Waals surface area contributed by atoms with E-state index in [2.05, 4.69) is 44.5 Å². The molecule has 0 bridgehead atoms. The highest BCUT2D eigenvalue weighted by Crippen LogP contribution is 2.22. The van der Waals surface area contributed by atoms with E-state index in [9.17, 15) is 9.90 Å². The number of benzene rings is 1. The summed E-state index contributed by atoms with van der Waals surface area (Å²) >= 11 is 0. The summed E-state index contributed by atoms with van der Waals surface area (Å²) in [5, 5.41) is 10.4. The van der Waals surface area contributed by atoms with Crippen LogP contribution in [0.15, 0.2) is 34.9 Å². The van der Waals surface area contributed by atoms with Crippen LogP contribution in [0.1, 0.15) is 30.2 Å². The molecule has 0 spiro atoms. The Balaban J connectivity index is 1.20. The maximum Gasteiger partial charge on any atom is 0.275 e. The largest absolute Gasteiger partial charge is 0.497 e. The first-order chi connectivity index (χ1) is 17.8. The molecule has 0 saturated carbocycles. The first-order valence-electron chi connectivity index (χ1n) is 13.3. The summed E-state index contributed by atoms with van der Waals surface area (Å²) in [7, 11) is 3.71. The van der Waals surface area contributed by atoms with Crippen molar-refractivity contribution in [2.75, 3.05) is 84.5 Å². The fraction of sp³-hybridized carbons (Fsp3) is 0.630. The minimum absolute atomic E-state index is 0.0783. The fourth-order valence-corrected chi connectivity index (χ4v) is 4.84. The van der Waals surface area contributed by atoms with Gasteiger partial charge >= 0.3 is 0 Å². The Hall–Kier alpha value is -2.66. The lowest BCUT2D eigenvalue weighted by atomic mass is 10.2. The third kappa shape index (κ3) is 7.44. The number of amides is 1. The summed E-state index contributed by atoms with van der Waals surface area (Å²) in [5.41, 5.74) is 1.48. The van der Waals surface area contributed by atoms with Gasteiger partial charge in [-0.3, -0.25) is 14.6 Å². The molecule has 2 saturated heterocycles. The van der Waals surface area contributed by atoms with E-state index >= 15 is 0 Å². The van der Waals surface area contributed by atoms with Crippen molar-refractivity contribution in [1.82, 2.24) is 24.6 Å². The van der Waals surface area contributed by atoms with E-state index in [1.165, 1.54) is 6.26 Å². The van der Waals surface area contributed by atoms with Crippen LogP contribution >= 0.6 is 0 Å². The van der Waals surface area contributed by atoms with Crippen molar-refractivity contribution in [2.45, 2.75) is 32.5 Å². The lowest BCUT2D eigenvalue weighted by molar-refractivity contribution is 0.0469. The number of aliphatic hydroxyl groups excluding tert-OH is 1. The van der Waals surface area contributed by atoms with Crippen LogP contribution < -0.4 is 9.64 Å². The van der Waals surface area contributed by atoms with E-state index in [1.54, 1.807) is 7.11 Å². The molecule has 1 aromatic heterocycles. The van der Waals surface area contributed by atoms with Crippen LogP contribution in [0.25, 0.3) is 0 Å². The van der Waals surface area contributed by atoms with Gasteiger partial charge in [-0.15, -0.1) is 0 Å². The lowest BCUT2D eigenvalue weighted by Gasteiger charge is -2.36. The number of piperazine rings is 2. The molecule has 3 heterocycles. The number of aromatic nitrogens is 1. The van der Waals surface area contributed by atoms with Crippen molar-refractivity contribution in [3.63, 3.8) is 0 Å². The zero-order valence-electron chi connectivity index (χ0n) is 22.7. The Morgan fingerprint density at radius 2 is 1.81 bits per heavy atom. The summed E-state index contributed by atoms with van der Waals surface area (Å²) in [6.45, 7) is 12.6. The number of β-amino-alcohol motifs (C(OH)–C–C–N with tert-alkyl or cyclic N) is 1. The molecule has 4 rings (SSSR count). The predicted molar refractivity (Wildman–Crippen MR) is 143 cm³/mol. The van der Waals surface area contributed by atoms with Crippen LogP contribution in [0, 0.1) is 0 Å². The highest BCUT2D eigenvalue weighted by Gasteiger charge is 2.26. The Morgan fingerprint density at radius 1 is 1.11 bits per heavy atom. The van der Waals surface area contributed by atoms with Gasteiger partial charge in [-0.05, 0) is 33.0 Å². The average Bonchev–Trinajstić information content (AvgIpc) is 3.38. The van der Waals surface area contributed by atoms with Gasteiger partial charge in [0.1, 0.15) is 12.0 Å². The zero-order valence-corrected chi connectivity index (χ0v) is 22.7. The number of carbonyl (C=O) groups excluding carboxylic acids is 1. The van der Waals surface area contributed by atoms with Gasteiger partial charge in [0.25, 0.3) is 5.91 Å². The van der Waals surface area contributed by atoms with Gasteiger partial charge in [0.2, 0.25) is 5.89 Å². The van der Waals surface area contributed by atoms with Gasteiger partial charge in [-0.1, -0.05) is 6.07 Å². The summed E-state index contributed by atoms with van der Waals surface area (Å²) in [6.07, 6.45) is 1.14. The number of hydrogen-bond donors (Lipinski definition) is 1. The number of rotatable bonds is 10. The standard InChI is InChI=1S/C27H42N6O4/c1-21(2)29(3)17-23(34)18-30-8-10-31(11-9-30)19-26-28-25(20-37-26)27(35)33-14-12-32(13-15-33)22-6-5-7-24(16-22)36-4/h5-7,16,20-21,23,34H,8-15,17-19H2,1-4H3/t23-/m0/s1. The SMILES string of the molecule is COc1cccc(N2CCN(C(=O)c3coc(CN4CCN(C[C@@H](O)CN(C)C(C)C)CC4)n3)CC2)c1. The zero-order chi connectivity index (χ0) is 26.4. The Labute approximate surface area is 220 Å². The molecule has 1 aromatic carbocycles. The molecular weight excluding hydrogens is 472 g/mol. The summed E-state index contributed by atoms with van der Waals surface area (Å²) in [6, 6.07) is 8.43. The van der Waals surface area contributed by atoms with Crippen LogP contribution in [0.5, 0.6) is 5.75 Å². The molecule has 1 N–H and O–H groups in total. The number of carbonyl (C=O) groups is 1. The first-order valence-corrected chi connectivity index (χ1v) is 13.3. The Morgan fingerprint density at radius 3 is 2.49 bits per heavy atom. The van der Waals surface area contributed by atoms with Crippen molar-refractivity contribution in [3.8, 4) is 5.75 Å². The molecule has 0 unspecified atom stereocenters. The Kier molecular flexibility index (Phi) is 9.42. The molecule has 0 aliphatic carbocycles. The molecule has 1 atom stereocenters. The van der Waals surface area contributed by atoms with Crippen molar-refractivity contribution in [1.29, 1.82) is 0 Å². The highest BCUT2D eigenvalue weighted by atomic mass is 16.5. The average molecular weight is 515 g/mol. The van der Waals surface area contributed by atoms with E-state index in [0.717, 1.165) is 50.7 Å². The number of methoxy groups -OCH3 is 1. The lowest BCUT2D eigenvalue weighted by Crippen LogP contribution is -2.49. The summed E-state index contributed by atoms with van der Waals surface area (Å²) in [4.78, 5) is 28.4. The molecule has 2 fully saturated rings. The van der Waals surface area contributed by atoms with Crippen molar-refractivity contribution in [3.05, 3.63) is 42.1 Å². The number of likely N-dealkylation sites (N-methyl/N-ethyl adjacent to an activating group) is 1. The van der Waals surface area contributed by atoms with Crippen molar-refractivity contribution in [2.24, 2.45) is 0 Å². The van der Waals surface area contributed by atoms with E-state index < -0.39 is 0 Å². The number of hydrogen-bond acceptors (Lipinski definition) is 9. The van der Waals surface area contributed by atoms with Crippen LogP contribution in [-0.2, 0) is 6.54 Å². The smallest absolute Gasteiger partial charge is 0.275 e. The molecule has 1 amide bonds. The molecule has 2 aliphatic heterocycles. The van der Waals surface area contributed by atoms with Gasteiger partial charge in [-0.2, -0.15) is 0 Å². The number of aliphatic hydroxyl groups is 1. The van der Waals surface area contributed by atoms with Crippen molar-refractivity contribution < 1.29 is 19.1 Å². The molecule has 10 heteroatoms. The first kappa shape index (κ1) is 27.4. The van der Waals surface area contributed by atoms with E-state index in [-0.39, 0.29) is 12.0 Å². The van der Waals surface area contributed by atoms with Gasteiger partial charge in [-0.25, -0.2) is 4.98 Å². The number of anilines is 1. The third-order valence-electron chi connectivity index (χ3n) is 7.43. The van der Waals surface area contributed by atoms with E-state index in [1.807, 2.05) is 30.1 Å². The molecule has 0 radical (unpaired) electrons. The molecule has 37 heavy (non-hydrogen) atoms. The number of nitrogens with zero attached hydrogens (tertiary/aromatic N) is 6. The second-order valence-electron chi connectivity index (χ2n) is 10.4. The fourth-order valence-electron chi connectivity index (χ4n) is 4.84. The minimum atomic E-state index is -0.350. The van der Waals surface area contributed by atoms with E-state index in [4.69, 9.17) is 9.15 Å². The summed E-state index contributed by atoms with van der Waals surface area (Å²) < 4.78 is 11.0. The maximum absolute atomic E-state index is 13.0. The summed E-state index contributed by atoms with van der Waals surface area (Å²) in [5.74, 6) is 1.33. The number of oxazole rings is 1. The van der Waals surface area contributed by atoms with E-state index in [0.29, 0.717) is 50.4 Å². The van der Waals surface area contributed by atoms with Gasteiger partial charge in [0, 0.05) is 83.2 Å². The normalized spacial score (nSPS) is 18.6. The monoisotopic (exact) mass is 514 g/mol. The maximum atomic E-state index is 13.0. The molecule has 10 nitrogen and oxygen atoms in total. The minimum Gasteiger partial charge on any atom is -0.497 e. The van der Waals surface area contributed by atoms with Crippen LogP contribution in [-0.4, -0.2) is 127 Å². The molecule has 2 aliphatic rings. The highest BCUT2D eigenvalue weighted by molar-refractivity contribution is 5.92. The second-order valence-corrected chi connectivity index (χ2v) is 10.4. The van der Waals surface area contributed by atoms with Crippen LogP contribution in [0.3, 0.4) is 0 Å². The Bertz CT molecular complexity index is 998. The van der Waals surface area contributed by atoms with Gasteiger partial charge in [0.05, 0.1) is 19.8 Å². The van der Waals surface area contributed by atoms with Crippen LogP contribution in [0.4, 0.5) is 5.69 Å². The quantitative estimate of drug-likeness (QED) is 0.506. The van der Waals surface area contributed by atoms with Gasteiger partial charge in [0.15, 0.2) is 5.69 Å². The predicted octanol–water partition coefficient (Wildman–Crippen LogP) is 1.46. The van der Waals surface area contributed by atoms with Crippen LogP contribution in [0.2, 0.25) is 0 Å². The van der Waals surface area contributed by atoms with Crippen molar-refractivity contribution >= 4 is 11.6 Å².